The maximum absolute atomic E-state index is 12.3. The fourth-order valence-corrected chi connectivity index (χ4v) is 4.92. The number of aromatic nitrogens is 4. The molecule has 0 aliphatic carbocycles. The molecule has 2 heterocycles. The Morgan fingerprint density at radius 2 is 1.67 bits per heavy atom. The molecule has 2 aromatic heterocycles. The van der Waals surface area contributed by atoms with E-state index in [4.69, 9.17) is 0 Å². The molecule has 0 saturated heterocycles. The highest BCUT2D eigenvalue weighted by atomic mass is 32.2. The molecule has 194 valence electrons. The zero-order chi connectivity index (χ0) is 27.4. The zero-order valence-electron chi connectivity index (χ0n) is 20.8. The number of aromatic amines is 1. The number of aliphatic carboxylic acids is 1. The number of nitrogens with one attached hydrogen (secondary N) is 1. The maximum Gasteiger partial charge on any atom is 0.342 e. The van der Waals surface area contributed by atoms with Crippen LogP contribution in [-0.2, 0) is 11.2 Å². The molecule has 39 heavy (non-hydrogen) atoms. The first kappa shape index (κ1) is 25.7. The molecule has 0 amide bonds. The van der Waals surface area contributed by atoms with Crippen molar-refractivity contribution in [1.82, 2.24) is 19.7 Å². The third-order valence-electron chi connectivity index (χ3n) is 6.01. The molecule has 2 N–H and O–H groups in total. The molecule has 0 aliphatic rings. The Kier molecular flexibility index (Phi) is 7.37. The van der Waals surface area contributed by atoms with Crippen molar-refractivity contribution in [2.24, 2.45) is 0 Å². The van der Waals surface area contributed by atoms with Crippen molar-refractivity contribution in [3.05, 3.63) is 117 Å². The van der Waals surface area contributed by atoms with E-state index < -0.39 is 10.9 Å². The molecule has 10 heteroatoms. The normalized spacial score (nSPS) is 11.5. The molecule has 5 rings (SSSR count). The number of aryl methyl sites for hydroxylation is 1. The van der Waals surface area contributed by atoms with Crippen LogP contribution in [0.4, 0.5) is 5.69 Å². The van der Waals surface area contributed by atoms with Crippen LogP contribution in [0.3, 0.4) is 0 Å². The van der Waals surface area contributed by atoms with Gasteiger partial charge in [-0.3, -0.25) is 15.2 Å². The molecule has 0 saturated carbocycles. The fourth-order valence-electron chi connectivity index (χ4n) is 4.20. The van der Waals surface area contributed by atoms with Crippen molar-refractivity contribution < 1.29 is 14.8 Å². The lowest BCUT2D eigenvalue weighted by Crippen LogP contribution is -2.01. The summed E-state index contributed by atoms with van der Waals surface area (Å²) in [6, 6.07) is 27.5. The minimum absolute atomic E-state index is 0.0175. The molecule has 0 radical (unpaired) electrons. The van der Waals surface area contributed by atoms with Crippen LogP contribution in [0.2, 0.25) is 0 Å². The van der Waals surface area contributed by atoms with Gasteiger partial charge in [0.2, 0.25) is 5.16 Å². The first-order valence-corrected chi connectivity index (χ1v) is 12.9. The van der Waals surface area contributed by atoms with Crippen molar-refractivity contribution >= 4 is 29.5 Å². The molecule has 0 unspecified atom stereocenters. The van der Waals surface area contributed by atoms with Crippen molar-refractivity contribution in [3.8, 4) is 28.2 Å². The van der Waals surface area contributed by atoms with Gasteiger partial charge in [0.15, 0.2) is 0 Å². The van der Waals surface area contributed by atoms with Crippen LogP contribution >= 0.6 is 11.8 Å². The van der Waals surface area contributed by atoms with Gasteiger partial charge in [0.05, 0.1) is 16.3 Å². The number of hydrogen-bond donors (Lipinski definition) is 2. The van der Waals surface area contributed by atoms with Crippen molar-refractivity contribution in [2.75, 3.05) is 0 Å². The third kappa shape index (κ3) is 5.51. The second kappa shape index (κ2) is 11.2. The van der Waals surface area contributed by atoms with Crippen molar-refractivity contribution in [1.29, 1.82) is 0 Å². The van der Waals surface area contributed by atoms with E-state index in [1.54, 1.807) is 18.2 Å². The Balaban J connectivity index is 1.76. The van der Waals surface area contributed by atoms with Crippen LogP contribution in [0, 0.1) is 10.1 Å². The Bertz CT molecular complexity index is 1660. The van der Waals surface area contributed by atoms with Crippen molar-refractivity contribution in [3.63, 3.8) is 0 Å². The van der Waals surface area contributed by atoms with E-state index >= 15 is 0 Å². The number of H-pyrrole nitrogens is 1. The van der Waals surface area contributed by atoms with E-state index in [1.807, 2.05) is 78.2 Å². The highest BCUT2D eigenvalue weighted by molar-refractivity contribution is 8.04. The first-order valence-electron chi connectivity index (χ1n) is 12.1. The number of carboxylic acid groups (broad SMARTS) is 1. The van der Waals surface area contributed by atoms with Gasteiger partial charge >= 0.3 is 5.97 Å². The van der Waals surface area contributed by atoms with Crippen LogP contribution in [0.5, 0.6) is 0 Å². The van der Waals surface area contributed by atoms with Crippen LogP contribution < -0.4 is 0 Å². The summed E-state index contributed by atoms with van der Waals surface area (Å²) in [7, 11) is 0. The summed E-state index contributed by atoms with van der Waals surface area (Å²) in [5, 5.41) is 28.7. The van der Waals surface area contributed by atoms with Crippen LogP contribution in [0.25, 0.3) is 34.3 Å². The smallest absolute Gasteiger partial charge is 0.342 e. The molecule has 3 aromatic carbocycles. The molecule has 0 atom stereocenters. The van der Waals surface area contributed by atoms with Gasteiger partial charge in [-0.05, 0) is 47.2 Å². The van der Waals surface area contributed by atoms with Crippen LogP contribution in [-0.4, -0.2) is 35.7 Å². The Morgan fingerprint density at radius 1 is 1.03 bits per heavy atom. The number of carboxylic acids is 1. The lowest BCUT2D eigenvalue weighted by molar-refractivity contribution is -0.384. The fraction of sp³-hybridized carbons (Fsp3) is 0.0690. The summed E-state index contributed by atoms with van der Waals surface area (Å²) >= 11 is 0.968. The number of hydrogen-bond acceptors (Lipinski definition) is 6. The summed E-state index contributed by atoms with van der Waals surface area (Å²) in [6.07, 6.45) is 2.27. The molecule has 0 fully saturated rings. The minimum Gasteiger partial charge on any atom is -0.477 e. The van der Waals surface area contributed by atoms with E-state index in [0.29, 0.717) is 28.7 Å². The summed E-state index contributed by atoms with van der Waals surface area (Å²) in [6.45, 7) is 1.93. The molecular formula is C29H23N5O4S. The Labute approximate surface area is 228 Å². The number of non-ortho nitro benzene ring substituents is 1. The predicted octanol–water partition coefficient (Wildman–Crippen LogP) is 6.62. The Morgan fingerprint density at radius 3 is 2.23 bits per heavy atom. The average Bonchev–Trinajstić information content (AvgIpc) is 3.58. The third-order valence-corrected chi connectivity index (χ3v) is 6.89. The van der Waals surface area contributed by atoms with E-state index in [2.05, 4.69) is 15.2 Å². The highest BCUT2D eigenvalue weighted by Crippen LogP contribution is 2.38. The van der Waals surface area contributed by atoms with Gasteiger partial charge in [0.25, 0.3) is 5.69 Å². The summed E-state index contributed by atoms with van der Waals surface area (Å²) in [5.74, 6) is -0.436. The van der Waals surface area contributed by atoms with Gasteiger partial charge < -0.3 is 9.67 Å². The molecule has 5 aromatic rings. The zero-order valence-corrected chi connectivity index (χ0v) is 21.6. The molecule has 9 nitrogen and oxygen atoms in total. The molecule has 0 spiro atoms. The molecular weight excluding hydrogens is 514 g/mol. The van der Waals surface area contributed by atoms with E-state index in [9.17, 15) is 20.0 Å². The lowest BCUT2D eigenvalue weighted by Gasteiger charge is -2.15. The largest absolute Gasteiger partial charge is 0.477 e. The maximum atomic E-state index is 12.3. The first-order chi connectivity index (χ1) is 18.9. The lowest BCUT2D eigenvalue weighted by atomic mass is 10.1. The summed E-state index contributed by atoms with van der Waals surface area (Å²) in [5.41, 5.74) is 4.64. The average molecular weight is 538 g/mol. The number of nitrogens with zero attached hydrogens (tertiary/aromatic N) is 4. The van der Waals surface area contributed by atoms with E-state index in [-0.39, 0.29) is 10.6 Å². The monoisotopic (exact) mass is 537 g/mol. The van der Waals surface area contributed by atoms with Gasteiger partial charge in [-0.2, -0.15) is 0 Å². The number of nitro benzene ring substituents is 1. The van der Waals surface area contributed by atoms with Crippen LogP contribution in [0.15, 0.2) is 101 Å². The number of nitro groups is 1. The number of thioether (sulfide) groups is 1. The number of carbonyl (C=O) groups is 1. The predicted molar refractivity (Wildman–Crippen MR) is 151 cm³/mol. The van der Waals surface area contributed by atoms with Gasteiger partial charge in [-0.25, -0.2) is 9.78 Å². The van der Waals surface area contributed by atoms with Crippen LogP contribution in [0.1, 0.15) is 18.3 Å². The SMILES string of the molecule is CCc1nc(S/C(=C\c2cc(-c3ccccc3)n(-c3ccc([N+](=O)[O-])cc3)c2-c2ccccc2)C(=O)O)n[nH]1. The van der Waals surface area contributed by atoms with Crippen molar-refractivity contribution in [2.45, 2.75) is 18.5 Å². The minimum atomic E-state index is -1.11. The number of rotatable bonds is 9. The van der Waals surface area contributed by atoms with Gasteiger partial charge in [-0.1, -0.05) is 67.6 Å². The van der Waals surface area contributed by atoms with E-state index in [1.165, 1.54) is 12.1 Å². The quantitative estimate of drug-likeness (QED) is 0.0936. The Hall–Kier alpha value is -4.96. The second-order valence-corrected chi connectivity index (χ2v) is 9.52. The van der Waals surface area contributed by atoms with Gasteiger partial charge in [0, 0.05) is 29.8 Å². The second-order valence-electron chi connectivity index (χ2n) is 8.51. The van der Waals surface area contributed by atoms with Gasteiger partial charge in [-0.15, -0.1) is 5.10 Å². The number of benzene rings is 3. The summed E-state index contributed by atoms with van der Waals surface area (Å²) < 4.78 is 1.99. The molecule has 0 bridgehead atoms. The molecule has 0 aliphatic heterocycles. The van der Waals surface area contributed by atoms with Gasteiger partial charge in [0.1, 0.15) is 10.7 Å². The topological polar surface area (TPSA) is 127 Å². The van der Waals surface area contributed by atoms with E-state index in [0.717, 1.165) is 34.3 Å². The standard InChI is InChI=1S/C29H23N5O4S/c1-2-26-30-29(32-31-26)39-25(28(35)36)18-21-17-24(19-9-5-3-6-10-19)33(27(21)20-11-7-4-8-12-20)22-13-15-23(16-14-22)34(37)38/h3-18H,2H2,1H3,(H,35,36)(H,30,31,32)/b25-18-. The summed E-state index contributed by atoms with van der Waals surface area (Å²) in [4.78, 5) is 27.6. The highest BCUT2D eigenvalue weighted by Gasteiger charge is 2.21.